The van der Waals surface area contributed by atoms with Crippen LogP contribution in [0.5, 0.6) is 5.88 Å². The van der Waals surface area contributed by atoms with Crippen LogP contribution in [-0.2, 0) is 6.61 Å². The smallest absolute Gasteiger partial charge is 0.245 e. The summed E-state index contributed by atoms with van der Waals surface area (Å²) < 4.78 is 7.75. The summed E-state index contributed by atoms with van der Waals surface area (Å²) in [6.07, 6.45) is 7.20. The lowest BCUT2D eigenvalue weighted by molar-refractivity contribution is 0.211. The highest BCUT2D eigenvalue weighted by Crippen LogP contribution is 2.28. The first-order valence-electron chi connectivity index (χ1n) is 9.52. The predicted molar refractivity (Wildman–Crippen MR) is 108 cm³/mol. The standard InChI is InChI=1S/C17H16N4O2.2C2H6/c22-14-7-6-13(8-14)21-11-20-15-16(21)18-10-19-17(15)23-9-12-4-2-1-3-5-12;2*1-2/h1-7,10-11,13-14,22H,8-9H2;2*1-2H3. The summed E-state index contributed by atoms with van der Waals surface area (Å²) in [5.74, 6) is 0.472. The van der Waals surface area contributed by atoms with Crippen molar-refractivity contribution in [1.82, 2.24) is 19.5 Å². The Balaban J connectivity index is 0.000000614. The van der Waals surface area contributed by atoms with E-state index in [1.165, 1.54) is 6.33 Å². The van der Waals surface area contributed by atoms with Crippen LogP contribution in [0.25, 0.3) is 11.2 Å². The van der Waals surface area contributed by atoms with Crippen LogP contribution in [0.15, 0.2) is 55.1 Å². The van der Waals surface area contributed by atoms with Crippen molar-refractivity contribution in [2.45, 2.75) is 52.9 Å². The van der Waals surface area contributed by atoms with Gasteiger partial charge in [-0.15, -0.1) is 0 Å². The molecule has 1 aliphatic carbocycles. The van der Waals surface area contributed by atoms with Gasteiger partial charge in [0.15, 0.2) is 11.2 Å². The van der Waals surface area contributed by atoms with Crippen molar-refractivity contribution in [3.63, 3.8) is 0 Å². The van der Waals surface area contributed by atoms with E-state index in [0.29, 0.717) is 30.1 Å². The van der Waals surface area contributed by atoms with Crippen molar-refractivity contribution >= 4 is 11.2 Å². The van der Waals surface area contributed by atoms with E-state index in [2.05, 4.69) is 15.0 Å². The maximum atomic E-state index is 9.66. The van der Waals surface area contributed by atoms with E-state index < -0.39 is 6.10 Å². The number of nitrogens with zero attached hydrogens (tertiary/aromatic N) is 4. The molecular weight excluding hydrogens is 340 g/mol. The van der Waals surface area contributed by atoms with Gasteiger partial charge in [0.05, 0.1) is 18.5 Å². The van der Waals surface area contributed by atoms with Crippen molar-refractivity contribution < 1.29 is 9.84 Å². The van der Waals surface area contributed by atoms with Gasteiger partial charge in [-0.25, -0.2) is 9.97 Å². The molecule has 0 fully saturated rings. The van der Waals surface area contributed by atoms with Crippen molar-refractivity contribution in [1.29, 1.82) is 0 Å². The van der Waals surface area contributed by atoms with Crippen LogP contribution < -0.4 is 4.74 Å². The lowest BCUT2D eigenvalue weighted by Gasteiger charge is -2.11. The van der Waals surface area contributed by atoms with Crippen molar-refractivity contribution in [3.8, 4) is 5.88 Å². The van der Waals surface area contributed by atoms with Gasteiger partial charge < -0.3 is 14.4 Å². The third kappa shape index (κ3) is 4.92. The second-order valence-electron chi connectivity index (χ2n) is 5.53. The summed E-state index contributed by atoms with van der Waals surface area (Å²) in [7, 11) is 0. The van der Waals surface area contributed by atoms with Gasteiger partial charge in [-0.05, 0) is 5.56 Å². The van der Waals surface area contributed by atoms with Crippen molar-refractivity contribution in [2.24, 2.45) is 0 Å². The Morgan fingerprint density at radius 1 is 1.04 bits per heavy atom. The summed E-state index contributed by atoms with van der Waals surface area (Å²) in [5, 5.41) is 9.66. The molecule has 27 heavy (non-hydrogen) atoms. The largest absolute Gasteiger partial charge is 0.471 e. The van der Waals surface area contributed by atoms with Crippen LogP contribution in [0.1, 0.15) is 45.7 Å². The Morgan fingerprint density at radius 2 is 1.78 bits per heavy atom. The van der Waals surface area contributed by atoms with Crippen LogP contribution in [0.4, 0.5) is 0 Å². The monoisotopic (exact) mass is 368 g/mol. The zero-order chi connectivity index (χ0) is 19.6. The third-order valence-corrected chi connectivity index (χ3v) is 3.94. The number of allylic oxidation sites excluding steroid dienone is 1. The van der Waals surface area contributed by atoms with Gasteiger partial charge in [0.2, 0.25) is 5.88 Å². The number of aliphatic hydroxyl groups is 1. The van der Waals surface area contributed by atoms with E-state index in [-0.39, 0.29) is 6.04 Å². The molecular formula is C21H28N4O2. The minimum absolute atomic E-state index is 0.0619. The van der Waals surface area contributed by atoms with Gasteiger partial charge >= 0.3 is 0 Å². The van der Waals surface area contributed by atoms with E-state index in [0.717, 1.165) is 5.56 Å². The molecule has 1 N–H and O–H groups in total. The SMILES string of the molecule is CC.CC.OC1C=CC(n2cnc3c(OCc4ccccc4)ncnc32)C1. The van der Waals surface area contributed by atoms with E-state index in [1.54, 1.807) is 12.4 Å². The van der Waals surface area contributed by atoms with Crippen LogP contribution in [0.3, 0.4) is 0 Å². The van der Waals surface area contributed by atoms with E-state index in [1.807, 2.05) is 68.7 Å². The average molecular weight is 368 g/mol. The molecule has 2 unspecified atom stereocenters. The lowest BCUT2D eigenvalue weighted by atomic mass is 10.2. The fourth-order valence-electron chi connectivity index (χ4n) is 2.77. The second-order valence-corrected chi connectivity index (χ2v) is 5.53. The lowest BCUT2D eigenvalue weighted by Crippen LogP contribution is -2.08. The van der Waals surface area contributed by atoms with Crippen LogP contribution in [-0.4, -0.2) is 30.7 Å². The summed E-state index contributed by atoms with van der Waals surface area (Å²) in [6, 6.07) is 9.98. The fourth-order valence-corrected chi connectivity index (χ4v) is 2.77. The number of ether oxygens (including phenoxy) is 1. The van der Waals surface area contributed by atoms with Crippen LogP contribution in [0.2, 0.25) is 0 Å². The van der Waals surface area contributed by atoms with Crippen LogP contribution in [0, 0.1) is 0 Å². The van der Waals surface area contributed by atoms with E-state index in [4.69, 9.17) is 4.74 Å². The summed E-state index contributed by atoms with van der Waals surface area (Å²) in [6.45, 7) is 8.43. The molecule has 6 nitrogen and oxygen atoms in total. The van der Waals surface area contributed by atoms with Crippen LogP contribution >= 0.6 is 0 Å². The van der Waals surface area contributed by atoms with Gasteiger partial charge in [0.1, 0.15) is 12.9 Å². The first kappa shape index (κ1) is 20.6. The molecule has 1 aromatic carbocycles. The molecule has 6 heteroatoms. The zero-order valence-corrected chi connectivity index (χ0v) is 16.4. The van der Waals surface area contributed by atoms with Gasteiger partial charge in [-0.1, -0.05) is 70.2 Å². The minimum atomic E-state index is -0.409. The molecule has 1 aliphatic rings. The second kappa shape index (κ2) is 10.4. The molecule has 0 spiro atoms. The summed E-state index contributed by atoms with van der Waals surface area (Å²) >= 11 is 0. The maximum absolute atomic E-state index is 9.66. The average Bonchev–Trinajstić information content (AvgIpc) is 3.36. The van der Waals surface area contributed by atoms with E-state index in [9.17, 15) is 5.11 Å². The molecule has 3 aromatic rings. The Hall–Kier alpha value is -2.73. The fraction of sp³-hybridized carbons (Fsp3) is 0.381. The molecule has 0 saturated carbocycles. The normalized spacial score (nSPS) is 17.7. The maximum Gasteiger partial charge on any atom is 0.245 e. The molecule has 0 bridgehead atoms. The highest BCUT2D eigenvalue weighted by molar-refractivity contribution is 5.76. The minimum Gasteiger partial charge on any atom is -0.471 e. The highest BCUT2D eigenvalue weighted by Gasteiger charge is 2.21. The van der Waals surface area contributed by atoms with Gasteiger partial charge in [0.25, 0.3) is 0 Å². The quantitative estimate of drug-likeness (QED) is 0.694. The predicted octanol–water partition coefficient (Wildman–Crippen LogP) is 4.32. The number of rotatable bonds is 4. The molecule has 2 atom stereocenters. The van der Waals surface area contributed by atoms with E-state index >= 15 is 0 Å². The third-order valence-electron chi connectivity index (χ3n) is 3.94. The molecule has 4 rings (SSSR count). The van der Waals surface area contributed by atoms with Crippen molar-refractivity contribution in [3.05, 3.63) is 60.7 Å². The van der Waals surface area contributed by atoms with Gasteiger partial charge in [-0.3, -0.25) is 0 Å². The molecule has 0 amide bonds. The number of hydrogen-bond donors (Lipinski definition) is 1. The van der Waals surface area contributed by atoms with Crippen molar-refractivity contribution in [2.75, 3.05) is 0 Å². The Kier molecular flexibility index (Phi) is 7.95. The number of aliphatic hydroxyl groups excluding tert-OH is 1. The number of benzene rings is 1. The number of aromatic nitrogens is 4. The molecule has 2 heterocycles. The Labute approximate surface area is 160 Å². The Morgan fingerprint density at radius 3 is 2.44 bits per heavy atom. The van der Waals surface area contributed by atoms with Gasteiger partial charge in [0, 0.05) is 6.42 Å². The number of imidazole rings is 1. The molecule has 2 aromatic heterocycles. The summed E-state index contributed by atoms with van der Waals surface area (Å²) in [5.41, 5.74) is 2.42. The first-order chi connectivity index (χ1) is 13.3. The van der Waals surface area contributed by atoms with Gasteiger partial charge in [-0.2, -0.15) is 4.98 Å². The highest BCUT2D eigenvalue weighted by atomic mass is 16.5. The number of hydrogen-bond acceptors (Lipinski definition) is 5. The molecule has 0 aliphatic heterocycles. The number of fused-ring (bicyclic) bond motifs is 1. The summed E-state index contributed by atoms with van der Waals surface area (Å²) in [4.78, 5) is 12.9. The molecule has 144 valence electrons. The molecule has 0 saturated heterocycles. The molecule has 0 radical (unpaired) electrons. The Bertz CT molecular complexity index is 846. The first-order valence-corrected chi connectivity index (χ1v) is 9.52. The zero-order valence-electron chi connectivity index (χ0n) is 16.4. The topological polar surface area (TPSA) is 73.1 Å².